The molecule has 0 aromatic carbocycles. The molecule has 0 aromatic rings. The van der Waals surface area contributed by atoms with E-state index >= 15 is 0 Å². The lowest BCUT2D eigenvalue weighted by atomic mass is 10.0. The van der Waals surface area contributed by atoms with E-state index < -0.39 is 67.5 Å². The first-order valence-corrected chi connectivity index (χ1v) is 7.86. The number of hydrogen-bond acceptors (Lipinski definition) is 10. The van der Waals surface area contributed by atoms with E-state index in [-0.39, 0.29) is 0 Å². The monoisotopic (exact) mass is 394 g/mol. The molecule has 10 nitrogen and oxygen atoms in total. The van der Waals surface area contributed by atoms with E-state index in [1.165, 1.54) is 0 Å². The third-order valence-corrected chi connectivity index (χ3v) is 2.86. The molecule has 0 aliphatic heterocycles. The molecular formula is C16H23FO10. The second kappa shape index (κ2) is 11.8. The van der Waals surface area contributed by atoms with Crippen molar-refractivity contribution in [2.45, 2.75) is 59.1 Å². The van der Waals surface area contributed by atoms with Crippen molar-refractivity contribution in [3.63, 3.8) is 0 Å². The first kappa shape index (κ1) is 24.3. The molecule has 0 aliphatic rings. The zero-order chi connectivity index (χ0) is 21.1. The smallest absolute Gasteiger partial charge is 0.303 e. The predicted octanol–water partition coefficient (Wildman–Crippen LogP) is 0.246. The molecule has 0 rings (SSSR count). The van der Waals surface area contributed by atoms with Crippen LogP contribution < -0.4 is 0 Å². The Balaban J connectivity index is 5.76. The Morgan fingerprint density at radius 1 is 0.630 bits per heavy atom. The van der Waals surface area contributed by atoms with Gasteiger partial charge >= 0.3 is 29.8 Å². The topological polar surface area (TPSA) is 132 Å². The maximum Gasteiger partial charge on any atom is 0.303 e. The zero-order valence-corrected chi connectivity index (χ0v) is 15.7. The lowest BCUT2D eigenvalue weighted by Crippen LogP contribution is -2.52. The summed E-state index contributed by atoms with van der Waals surface area (Å²) < 4.78 is 38.7. The number of carbonyl (C=O) groups excluding carboxylic acids is 5. The summed E-state index contributed by atoms with van der Waals surface area (Å²) in [6.07, 6.45) is -7.07. The van der Waals surface area contributed by atoms with Gasteiger partial charge in [0.15, 0.2) is 24.5 Å². The number of halogens is 1. The SMILES string of the molecule is CC(=O)OC[C@H](F)[C@@H](OC(C)=O)[C@H](OC(C)=O)[C@@H](COC(C)=O)OC(C)=O. The minimum atomic E-state index is -2.13. The first-order chi connectivity index (χ1) is 12.4. The molecule has 27 heavy (non-hydrogen) atoms. The number of esters is 5. The molecular weight excluding hydrogens is 371 g/mol. The van der Waals surface area contributed by atoms with Gasteiger partial charge in [0.25, 0.3) is 0 Å². The lowest BCUT2D eigenvalue weighted by Gasteiger charge is -2.32. The summed E-state index contributed by atoms with van der Waals surface area (Å²) in [5.74, 6) is -4.22. The average Bonchev–Trinajstić information content (AvgIpc) is 2.51. The quantitative estimate of drug-likeness (QED) is 0.375. The Bertz CT molecular complexity index is 561. The van der Waals surface area contributed by atoms with Crippen molar-refractivity contribution in [1.82, 2.24) is 0 Å². The van der Waals surface area contributed by atoms with Gasteiger partial charge in [0.05, 0.1) is 0 Å². The van der Waals surface area contributed by atoms with Gasteiger partial charge in [-0.05, 0) is 0 Å². The summed E-state index contributed by atoms with van der Waals surface area (Å²) in [6, 6.07) is 0. The van der Waals surface area contributed by atoms with Crippen molar-refractivity contribution in [2.24, 2.45) is 0 Å². The number of alkyl halides is 1. The van der Waals surface area contributed by atoms with E-state index in [9.17, 15) is 28.4 Å². The highest BCUT2D eigenvalue weighted by Crippen LogP contribution is 2.20. The van der Waals surface area contributed by atoms with Crippen LogP contribution in [0.2, 0.25) is 0 Å². The highest BCUT2D eigenvalue weighted by atomic mass is 19.1. The maximum absolute atomic E-state index is 14.6. The number of rotatable bonds is 10. The van der Waals surface area contributed by atoms with Gasteiger partial charge < -0.3 is 23.7 Å². The van der Waals surface area contributed by atoms with E-state index in [4.69, 9.17) is 18.9 Å². The van der Waals surface area contributed by atoms with Crippen LogP contribution in [0.5, 0.6) is 0 Å². The average molecular weight is 394 g/mol. The maximum atomic E-state index is 14.6. The fourth-order valence-corrected chi connectivity index (χ4v) is 1.98. The molecule has 0 N–H and O–H groups in total. The van der Waals surface area contributed by atoms with Gasteiger partial charge in [-0.25, -0.2) is 4.39 Å². The summed E-state index contributed by atoms with van der Waals surface area (Å²) in [4.78, 5) is 56.1. The van der Waals surface area contributed by atoms with Crippen LogP contribution in [0.15, 0.2) is 0 Å². The number of carbonyl (C=O) groups is 5. The molecule has 0 spiro atoms. The van der Waals surface area contributed by atoms with Gasteiger partial charge in [-0.1, -0.05) is 0 Å². The Morgan fingerprint density at radius 2 is 1.04 bits per heavy atom. The van der Waals surface area contributed by atoms with Crippen molar-refractivity contribution in [1.29, 1.82) is 0 Å². The normalized spacial score (nSPS) is 14.7. The van der Waals surface area contributed by atoms with Crippen molar-refractivity contribution < 1.29 is 52.0 Å². The van der Waals surface area contributed by atoms with Crippen LogP contribution in [0.1, 0.15) is 34.6 Å². The van der Waals surface area contributed by atoms with Crippen LogP contribution >= 0.6 is 0 Å². The molecule has 4 atom stereocenters. The van der Waals surface area contributed by atoms with Gasteiger partial charge in [-0.3, -0.25) is 24.0 Å². The summed E-state index contributed by atoms with van der Waals surface area (Å²) in [7, 11) is 0. The van der Waals surface area contributed by atoms with Crippen LogP contribution in [-0.2, 0) is 47.7 Å². The van der Waals surface area contributed by atoms with Crippen LogP contribution in [0.4, 0.5) is 4.39 Å². The van der Waals surface area contributed by atoms with Crippen LogP contribution in [0.25, 0.3) is 0 Å². The molecule has 0 radical (unpaired) electrons. The van der Waals surface area contributed by atoms with E-state index in [1.54, 1.807) is 0 Å². The minimum Gasteiger partial charge on any atom is -0.463 e. The molecule has 0 amide bonds. The third kappa shape index (κ3) is 10.8. The van der Waals surface area contributed by atoms with E-state index in [1.807, 2.05) is 0 Å². The molecule has 0 saturated carbocycles. The molecule has 0 fully saturated rings. The molecule has 154 valence electrons. The Labute approximate surface area is 155 Å². The van der Waals surface area contributed by atoms with Crippen molar-refractivity contribution in [3.8, 4) is 0 Å². The van der Waals surface area contributed by atoms with Gasteiger partial charge in [0, 0.05) is 34.6 Å². The minimum absolute atomic E-state index is 0.592. The van der Waals surface area contributed by atoms with Crippen molar-refractivity contribution in [2.75, 3.05) is 13.2 Å². The lowest BCUT2D eigenvalue weighted by molar-refractivity contribution is -0.196. The van der Waals surface area contributed by atoms with Crippen LogP contribution in [0.3, 0.4) is 0 Å². The summed E-state index contributed by atoms with van der Waals surface area (Å²) in [5, 5.41) is 0. The molecule has 0 aliphatic carbocycles. The van der Waals surface area contributed by atoms with E-state index in [0.717, 1.165) is 34.6 Å². The Morgan fingerprint density at radius 3 is 1.44 bits per heavy atom. The largest absolute Gasteiger partial charge is 0.463 e. The fourth-order valence-electron chi connectivity index (χ4n) is 1.98. The van der Waals surface area contributed by atoms with Gasteiger partial charge in [0.1, 0.15) is 13.2 Å². The highest BCUT2D eigenvalue weighted by Gasteiger charge is 2.43. The number of hydrogen-bond donors (Lipinski definition) is 0. The molecule has 0 bridgehead atoms. The van der Waals surface area contributed by atoms with Crippen molar-refractivity contribution >= 4 is 29.8 Å². The second-order valence-electron chi connectivity index (χ2n) is 5.42. The van der Waals surface area contributed by atoms with Crippen LogP contribution in [-0.4, -0.2) is 67.5 Å². The summed E-state index contributed by atoms with van der Waals surface area (Å²) in [5.41, 5.74) is 0. The molecule has 0 heterocycles. The van der Waals surface area contributed by atoms with Gasteiger partial charge in [-0.2, -0.15) is 0 Å². The predicted molar refractivity (Wildman–Crippen MR) is 84.8 cm³/mol. The third-order valence-electron chi connectivity index (χ3n) is 2.86. The Kier molecular flexibility index (Phi) is 10.6. The fraction of sp³-hybridized carbons (Fsp3) is 0.688. The molecule has 0 aromatic heterocycles. The van der Waals surface area contributed by atoms with Crippen molar-refractivity contribution in [3.05, 3.63) is 0 Å². The van der Waals surface area contributed by atoms with E-state index in [0.29, 0.717) is 0 Å². The van der Waals surface area contributed by atoms with Gasteiger partial charge in [-0.15, -0.1) is 0 Å². The second-order valence-corrected chi connectivity index (χ2v) is 5.42. The highest BCUT2D eigenvalue weighted by molar-refractivity contribution is 5.69. The summed E-state index contributed by atoms with van der Waals surface area (Å²) >= 11 is 0. The molecule has 11 heteroatoms. The first-order valence-electron chi connectivity index (χ1n) is 7.86. The van der Waals surface area contributed by atoms with Crippen LogP contribution in [0, 0.1) is 0 Å². The molecule has 0 saturated heterocycles. The summed E-state index contributed by atoms with van der Waals surface area (Å²) in [6.45, 7) is 3.71. The van der Waals surface area contributed by atoms with E-state index in [2.05, 4.69) is 4.74 Å². The standard InChI is InChI=1S/C16H23FO10/c1-8(18)23-6-13(17)15(26-11(4)21)16(27-12(5)22)14(25-10(3)20)7-24-9(2)19/h13-16H,6-7H2,1-5H3/t13-,14+,15+,16+/m0/s1. The number of ether oxygens (including phenoxy) is 5. The Hall–Kier alpha value is -2.72. The molecule has 0 unspecified atom stereocenters. The van der Waals surface area contributed by atoms with Gasteiger partial charge in [0.2, 0.25) is 0 Å². The zero-order valence-electron chi connectivity index (χ0n) is 15.7.